The van der Waals surface area contributed by atoms with Gasteiger partial charge in [0.1, 0.15) is 17.1 Å². The fourth-order valence-electron chi connectivity index (χ4n) is 3.27. The van der Waals surface area contributed by atoms with Crippen molar-refractivity contribution in [1.29, 1.82) is 0 Å². The molecule has 2 aromatic rings. The highest BCUT2D eigenvalue weighted by Crippen LogP contribution is 2.41. The minimum absolute atomic E-state index is 0.0913. The van der Waals surface area contributed by atoms with Crippen LogP contribution in [0.25, 0.3) is 0 Å². The molecule has 29 heavy (non-hydrogen) atoms. The molecule has 0 spiro atoms. The number of fused-ring (bicyclic) bond motifs is 1. The molecule has 0 amide bonds. The molecular formula is C21H23ClN2O4S. The van der Waals surface area contributed by atoms with E-state index in [0.29, 0.717) is 27.8 Å². The lowest BCUT2D eigenvalue weighted by Crippen LogP contribution is -2.42. The standard InChI is InChI=1S/C21H23ClN2O4S/c1-21(2)11-17(14-10-13(26-3)6-8-18(14)28-21)24-20(29)23-16-9-12(19(25)27-4)5-7-15(16)22/h5-10,17H,11H2,1-4H3,(H2,23,24,29). The topological polar surface area (TPSA) is 68.8 Å². The Kier molecular flexibility index (Phi) is 6.19. The molecule has 2 aromatic carbocycles. The number of thiocarbonyl (C=S) groups is 1. The highest BCUT2D eigenvalue weighted by atomic mass is 35.5. The van der Waals surface area contributed by atoms with E-state index in [1.54, 1.807) is 25.3 Å². The van der Waals surface area contributed by atoms with Gasteiger partial charge < -0.3 is 24.8 Å². The average Bonchev–Trinajstić information content (AvgIpc) is 2.68. The molecule has 6 nitrogen and oxygen atoms in total. The van der Waals surface area contributed by atoms with Gasteiger partial charge in [0.05, 0.1) is 36.5 Å². The van der Waals surface area contributed by atoms with E-state index in [4.69, 9.17) is 38.0 Å². The molecule has 1 aliphatic heterocycles. The van der Waals surface area contributed by atoms with Crippen molar-refractivity contribution in [1.82, 2.24) is 5.32 Å². The summed E-state index contributed by atoms with van der Waals surface area (Å²) in [5.74, 6) is 1.08. The average molecular weight is 435 g/mol. The van der Waals surface area contributed by atoms with E-state index in [1.165, 1.54) is 7.11 Å². The van der Waals surface area contributed by atoms with Gasteiger partial charge in [0.25, 0.3) is 0 Å². The molecule has 2 N–H and O–H groups in total. The van der Waals surface area contributed by atoms with E-state index in [2.05, 4.69) is 10.6 Å². The summed E-state index contributed by atoms with van der Waals surface area (Å²) < 4.78 is 16.2. The first-order valence-corrected chi connectivity index (χ1v) is 9.83. The van der Waals surface area contributed by atoms with Gasteiger partial charge in [-0.2, -0.15) is 0 Å². The van der Waals surface area contributed by atoms with E-state index >= 15 is 0 Å². The molecule has 1 unspecified atom stereocenters. The molecule has 0 aromatic heterocycles. The molecule has 0 saturated carbocycles. The fraction of sp³-hybridized carbons (Fsp3) is 0.333. The monoisotopic (exact) mass is 434 g/mol. The highest BCUT2D eigenvalue weighted by molar-refractivity contribution is 7.80. The number of rotatable bonds is 4. The Labute approximate surface area is 180 Å². The summed E-state index contributed by atoms with van der Waals surface area (Å²) in [7, 11) is 2.95. The van der Waals surface area contributed by atoms with E-state index in [0.717, 1.165) is 17.1 Å². The molecule has 8 heteroatoms. The Bertz CT molecular complexity index is 948. The van der Waals surface area contributed by atoms with Crippen LogP contribution in [0.5, 0.6) is 11.5 Å². The number of nitrogens with one attached hydrogen (secondary N) is 2. The Morgan fingerprint density at radius 1 is 1.24 bits per heavy atom. The van der Waals surface area contributed by atoms with Crippen molar-refractivity contribution >= 4 is 40.6 Å². The summed E-state index contributed by atoms with van der Waals surface area (Å²) in [6, 6.07) is 10.4. The Morgan fingerprint density at radius 3 is 2.69 bits per heavy atom. The van der Waals surface area contributed by atoms with Crippen LogP contribution in [0, 0.1) is 0 Å². The first-order chi connectivity index (χ1) is 13.7. The number of carbonyl (C=O) groups excluding carboxylic acids is 1. The van der Waals surface area contributed by atoms with Crippen LogP contribution >= 0.6 is 23.8 Å². The van der Waals surface area contributed by atoms with Crippen molar-refractivity contribution in [2.75, 3.05) is 19.5 Å². The maximum Gasteiger partial charge on any atom is 0.337 e. The summed E-state index contributed by atoms with van der Waals surface area (Å²) in [5.41, 5.74) is 1.49. The van der Waals surface area contributed by atoms with Crippen molar-refractivity contribution in [2.24, 2.45) is 0 Å². The van der Waals surface area contributed by atoms with Gasteiger partial charge in [-0.15, -0.1) is 0 Å². The smallest absolute Gasteiger partial charge is 0.337 e. The summed E-state index contributed by atoms with van der Waals surface area (Å²) in [6.07, 6.45) is 0.699. The van der Waals surface area contributed by atoms with Gasteiger partial charge >= 0.3 is 5.97 Å². The van der Waals surface area contributed by atoms with Crippen molar-refractivity contribution < 1.29 is 19.0 Å². The SMILES string of the molecule is COC(=O)c1ccc(Cl)c(NC(=S)NC2CC(C)(C)Oc3ccc(OC)cc32)c1. The normalized spacial score (nSPS) is 16.8. The minimum Gasteiger partial charge on any atom is -0.497 e. The lowest BCUT2D eigenvalue weighted by atomic mass is 9.89. The summed E-state index contributed by atoms with van der Waals surface area (Å²) >= 11 is 11.8. The van der Waals surface area contributed by atoms with Crippen LogP contribution in [-0.4, -0.2) is 30.9 Å². The number of benzene rings is 2. The third kappa shape index (κ3) is 4.92. The molecule has 1 atom stereocenters. The zero-order valence-electron chi connectivity index (χ0n) is 16.7. The quantitative estimate of drug-likeness (QED) is 0.532. The predicted octanol–water partition coefficient (Wildman–Crippen LogP) is 4.72. The van der Waals surface area contributed by atoms with Crippen molar-refractivity contribution in [3.05, 3.63) is 52.5 Å². The van der Waals surface area contributed by atoms with Crippen LogP contribution in [0.15, 0.2) is 36.4 Å². The third-order valence-electron chi connectivity index (χ3n) is 4.62. The predicted molar refractivity (Wildman–Crippen MR) is 117 cm³/mol. The molecule has 0 aliphatic carbocycles. The van der Waals surface area contributed by atoms with Crippen LogP contribution < -0.4 is 20.1 Å². The van der Waals surface area contributed by atoms with Crippen molar-refractivity contribution in [2.45, 2.75) is 31.9 Å². The Morgan fingerprint density at radius 2 is 2.00 bits per heavy atom. The highest BCUT2D eigenvalue weighted by Gasteiger charge is 2.34. The van der Waals surface area contributed by atoms with E-state index < -0.39 is 5.97 Å². The molecule has 1 heterocycles. The fourth-order valence-corrected chi connectivity index (χ4v) is 3.69. The molecule has 0 bridgehead atoms. The number of esters is 1. The van der Waals surface area contributed by atoms with Crippen molar-refractivity contribution in [3.8, 4) is 11.5 Å². The van der Waals surface area contributed by atoms with E-state index in [1.807, 2.05) is 32.0 Å². The first-order valence-electron chi connectivity index (χ1n) is 9.05. The largest absolute Gasteiger partial charge is 0.497 e. The Hall–Kier alpha value is -2.51. The second-order valence-electron chi connectivity index (χ2n) is 7.31. The van der Waals surface area contributed by atoms with Gasteiger partial charge in [-0.25, -0.2) is 4.79 Å². The maximum atomic E-state index is 11.8. The van der Waals surface area contributed by atoms with Crippen LogP contribution in [0.1, 0.15) is 42.2 Å². The minimum atomic E-state index is -0.448. The van der Waals surface area contributed by atoms with Gasteiger partial charge in [-0.3, -0.25) is 0 Å². The van der Waals surface area contributed by atoms with E-state index in [9.17, 15) is 4.79 Å². The molecule has 3 rings (SSSR count). The van der Waals surface area contributed by atoms with Gasteiger partial charge in [0.2, 0.25) is 0 Å². The lowest BCUT2D eigenvalue weighted by Gasteiger charge is -2.38. The second kappa shape index (κ2) is 8.47. The number of methoxy groups -OCH3 is 2. The zero-order valence-corrected chi connectivity index (χ0v) is 18.2. The number of ether oxygens (including phenoxy) is 3. The summed E-state index contributed by atoms with van der Waals surface area (Å²) in [6.45, 7) is 4.06. The number of carbonyl (C=O) groups is 1. The zero-order chi connectivity index (χ0) is 21.2. The van der Waals surface area contributed by atoms with Gasteiger partial charge in [0.15, 0.2) is 5.11 Å². The number of hydrogen-bond donors (Lipinski definition) is 2. The van der Waals surface area contributed by atoms with Crippen LogP contribution in [0.2, 0.25) is 5.02 Å². The molecule has 0 fully saturated rings. The molecule has 154 valence electrons. The van der Waals surface area contributed by atoms with Gasteiger partial charge in [-0.05, 0) is 62.5 Å². The number of hydrogen-bond acceptors (Lipinski definition) is 5. The summed E-state index contributed by atoms with van der Waals surface area (Å²) in [4.78, 5) is 11.8. The van der Waals surface area contributed by atoms with E-state index in [-0.39, 0.29) is 11.6 Å². The van der Waals surface area contributed by atoms with Gasteiger partial charge in [-0.1, -0.05) is 11.6 Å². The lowest BCUT2D eigenvalue weighted by molar-refractivity contribution is 0.0600. The second-order valence-corrected chi connectivity index (χ2v) is 8.12. The molecular weight excluding hydrogens is 412 g/mol. The number of halogens is 1. The molecule has 1 aliphatic rings. The van der Waals surface area contributed by atoms with Crippen LogP contribution in [0.3, 0.4) is 0 Å². The van der Waals surface area contributed by atoms with Crippen LogP contribution in [0.4, 0.5) is 5.69 Å². The Balaban J connectivity index is 1.81. The first kappa shape index (κ1) is 21.2. The number of anilines is 1. The summed E-state index contributed by atoms with van der Waals surface area (Å²) in [5, 5.41) is 7.22. The van der Waals surface area contributed by atoms with Crippen LogP contribution in [-0.2, 0) is 4.74 Å². The maximum absolute atomic E-state index is 11.8. The third-order valence-corrected chi connectivity index (χ3v) is 5.16. The molecule has 0 radical (unpaired) electrons. The molecule has 0 saturated heterocycles. The van der Waals surface area contributed by atoms with Crippen molar-refractivity contribution in [3.63, 3.8) is 0 Å². The van der Waals surface area contributed by atoms with Gasteiger partial charge in [0, 0.05) is 12.0 Å².